The number of benzene rings is 2. The van der Waals surface area contributed by atoms with E-state index < -0.39 is 10.0 Å². The van der Waals surface area contributed by atoms with Crippen LogP contribution >= 0.6 is 0 Å². The molecular formula is C23H30N2O5S. The second kappa shape index (κ2) is 10.2. The zero-order valence-electron chi connectivity index (χ0n) is 18.3. The van der Waals surface area contributed by atoms with E-state index in [4.69, 9.17) is 9.47 Å². The van der Waals surface area contributed by atoms with Crippen molar-refractivity contribution in [3.8, 4) is 11.5 Å². The molecule has 1 aliphatic rings. The second-order valence-corrected chi connectivity index (χ2v) is 9.60. The maximum atomic E-state index is 13.2. The van der Waals surface area contributed by atoms with Gasteiger partial charge in [0.1, 0.15) is 11.5 Å². The number of carbonyl (C=O) groups is 1. The quantitative estimate of drug-likeness (QED) is 0.620. The third-order valence-corrected chi connectivity index (χ3v) is 7.19. The molecule has 8 heteroatoms. The number of carbonyl (C=O) groups excluding carboxylic acids is 1. The van der Waals surface area contributed by atoms with Crippen LogP contribution in [0.4, 0.5) is 0 Å². The van der Waals surface area contributed by atoms with Crippen molar-refractivity contribution in [1.29, 1.82) is 0 Å². The lowest BCUT2D eigenvalue weighted by molar-refractivity contribution is 0.0720. The molecule has 1 saturated heterocycles. The smallest absolute Gasteiger partial charge is 0.257 e. The molecule has 2 aromatic carbocycles. The Morgan fingerprint density at radius 1 is 1.06 bits per heavy atom. The van der Waals surface area contributed by atoms with Crippen molar-refractivity contribution in [1.82, 2.24) is 9.21 Å². The van der Waals surface area contributed by atoms with Crippen LogP contribution in [0.1, 0.15) is 42.1 Å². The van der Waals surface area contributed by atoms with Crippen molar-refractivity contribution in [3.63, 3.8) is 0 Å². The highest BCUT2D eigenvalue weighted by molar-refractivity contribution is 7.89. The van der Waals surface area contributed by atoms with Gasteiger partial charge >= 0.3 is 0 Å². The number of ether oxygens (including phenoxy) is 2. The third-order valence-electron chi connectivity index (χ3n) is 5.39. The minimum Gasteiger partial charge on any atom is -0.496 e. The fourth-order valence-electron chi connectivity index (χ4n) is 3.66. The minimum absolute atomic E-state index is 0.0714. The number of amides is 1. The van der Waals surface area contributed by atoms with E-state index in [0.29, 0.717) is 25.4 Å². The number of hydrogen-bond donors (Lipinski definition) is 0. The summed E-state index contributed by atoms with van der Waals surface area (Å²) in [6.45, 7) is 4.04. The first-order valence-electron chi connectivity index (χ1n) is 10.5. The molecule has 1 fully saturated rings. The standard InChI is InChI=1S/C23H30N2O5S/c1-4-30-19-10-8-18(9-11-19)17-24(2)31(27,28)20-12-13-22(29-3)21(16-20)23(26)25-14-6-5-7-15-25/h8-13,16H,4-7,14-15,17H2,1-3H3. The molecule has 0 radical (unpaired) electrons. The summed E-state index contributed by atoms with van der Waals surface area (Å²) in [6, 6.07) is 11.8. The first-order valence-corrected chi connectivity index (χ1v) is 12.0. The molecule has 0 aromatic heterocycles. The fraction of sp³-hybridized carbons (Fsp3) is 0.435. The lowest BCUT2D eigenvalue weighted by atomic mass is 10.1. The Bertz CT molecular complexity index is 999. The van der Waals surface area contributed by atoms with Crippen LogP contribution in [0.5, 0.6) is 11.5 Å². The van der Waals surface area contributed by atoms with E-state index in [1.54, 1.807) is 11.0 Å². The number of likely N-dealkylation sites (tertiary alicyclic amines) is 1. The van der Waals surface area contributed by atoms with Gasteiger partial charge in [-0.3, -0.25) is 4.79 Å². The summed E-state index contributed by atoms with van der Waals surface area (Å²) < 4.78 is 38.4. The molecule has 168 valence electrons. The molecule has 1 aliphatic heterocycles. The molecule has 0 unspecified atom stereocenters. The molecule has 7 nitrogen and oxygen atoms in total. The maximum Gasteiger partial charge on any atom is 0.257 e. The van der Waals surface area contributed by atoms with Gasteiger partial charge in [0, 0.05) is 26.7 Å². The summed E-state index contributed by atoms with van der Waals surface area (Å²) in [5.74, 6) is 0.930. The number of sulfonamides is 1. The van der Waals surface area contributed by atoms with Gasteiger partial charge in [-0.2, -0.15) is 4.31 Å². The van der Waals surface area contributed by atoms with Crippen molar-refractivity contribution in [3.05, 3.63) is 53.6 Å². The molecule has 0 bridgehead atoms. The van der Waals surface area contributed by atoms with Crippen LogP contribution in [0.3, 0.4) is 0 Å². The van der Waals surface area contributed by atoms with Crippen LogP contribution in [-0.2, 0) is 16.6 Å². The third kappa shape index (κ3) is 5.37. The molecule has 31 heavy (non-hydrogen) atoms. The molecule has 0 spiro atoms. The molecular weight excluding hydrogens is 416 g/mol. The summed E-state index contributed by atoms with van der Waals surface area (Å²) in [6.07, 6.45) is 3.01. The maximum absolute atomic E-state index is 13.2. The Labute approximate surface area is 184 Å². The van der Waals surface area contributed by atoms with E-state index in [0.717, 1.165) is 30.6 Å². The molecule has 3 rings (SSSR count). The highest BCUT2D eigenvalue weighted by atomic mass is 32.2. The van der Waals surface area contributed by atoms with Gasteiger partial charge in [0.2, 0.25) is 10.0 Å². The SMILES string of the molecule is CCOc1ccc(CN(C)S(=O)(=O)c2ccc(OC)c(C(=O)N3CCCCC3)c2)cc1. The van der Waals surface area contributed by atoms with E-state index in [9.17, 15) is 13.2 Å². The van der Waals surface area contributed by atoms with Crippen LogP contribution < -0.4 is 9.47 Å². The predicted octanol–water partition coefficient (Wildman–Crippen LogP) is 3.54. The molecule has 0 atom stereocenters. The van der Waals surface area contributed by atoms with Crippen LogP contribution in [-0.4, -0.2) is 57.4 Å². The van der Waals surface area contributed by atoms with Gasteiger partial charge in [0.05, 0.1) is 24.2 Å². The summed E-state index contributed by atoms with van der Waals surface area (Å²) in [5.41, 5.74) is 1.12. The summed E-state index contributed by atoms with van der Waals surface area (Å²) >= 11 is 0. The lowest BCUT2D eigenvalue weighted by Crippen LogP contribution is -2.36. The number of piperidine rings is 1. The van der Waals surface area contributed by atoms with Gasteiger partial charge in [0.25, 0.3) is 5.91 Å². The second-order valence-electron chi connectivity index (χ2n) is 7.55. The average Bonchev–Trinajstić information content (AvgIpc) is 2.80. The van der Waals surface area contributed by atoms with Crippen molar-refractivity contribution in [2.24, 2.45) is 0 Å². The molecule has 1 heterocycles. The molecule has 0 saturated carbocycles. The molecule has 0 aliphatic carbocycles. The average molecular weight is 447 g/mol. The van der Waals surface area contributed by atoms with Crippen LogP contribution in [0.2, 0.25) is 0 Å². The number of rotatable bonds is 8. The van der Waals surface area contributed by atoms with Crippen molar-refractivity contribution >= 4 is 15.9 Å². The highest BCUT2D eigenvalue weighted by Gasteiger charge is 2.26. The number of nitrogens with zero attached hydrogens (tertiary/aromatic N) is 2. The first kappa shape index (κ1) is 23.1. The monoisotopic (exact) mass is 446 g/mol. The zero-order valence-corrected chi connectivity index (χ0v) is 19.2. The van der Waals surface area contributed by atoms with Crippen molar-refractivity contribution < 1.29 is 22.7 Å². The van der Waals surface area contributed by atoms with Crippen LogP contribution in [0.25, 0.3) is 0 Å². The van der Waals surface area contributed by atoms with Gasteiger partial charge in [0.15, 0.2) is 0 Å². The Balaban J connectivity index is 1.83. The van der Waals surface area contributed by atoms with Crippen molar-refractivity contribution in [2.45, 2.75) is 37.6 Å². The van der Waals surface area contributed by atoms with E-state index in [1.165, 1.54) is 30.6 Å². The van der Waals surface area contributed by atoms with Gasteiger partial charge < -0.3 is 14.4 Å². The zero-order chi connectivity index (χ0) is 22.4. The Hall–Kier alpha value is -2.58. The number of hydrogen-bond acceptors (Lipinski definition) is 5. The van der Waals surface area contributed by atoms with Crippen LogP contribution in [0.15, 0.2) is 47.4 Å². The van der Waals surface area contributed by atoms with Crippen LogP contribution in [0, 0.1) is 0 Å². The summed E-state index contributed by atoms with van der Waals surface area (Å²) in [5, 5.41) is 0. The normalized spacial score (nSPS) is 14.5. The minimum atomic E-state index is -3.79. The van der Waals surface area contributed by atoms with Gasteiger partial charge in [-0.15, -0.1) is 0 Å². The van der Waals surface area contributed by atoms with E-state index in [2.05, 4.69) is 0 Å². The lowest BCUT2D eigenvalue weighted by Gasteiger charge is -2.27. The van der Waals surface area contributed by atoms with Gasteiger partial charge in [-0.1, -0.05) is 12.1 Å². The van der Waals surface area contributed by atoms with E-state index in [1.807, 2.05) is 31.2 Å². The summed E-state index contributed by atoms with van der Waals surface area (Å²) in [4.78, 5) is 14.9. The van der Waals surface area contributed by atoms with E-state index in [-0.39, 0.29) is 22.9 Å². The van der Waals surface area contributed by atoms with Gasteiger partial charge in [-0.25, -0.2) is 8.42 Å². The first-order chi connectivity index (χ1) is 14.9. The molecule has 1 amide bonds. The summed E-state index contributed by atoms with van der Waals surface area (Å²) in [7, 11) is -0.783. The highest BCUT2D eigenvalue weighted by Crippen LogP contribution is 2.27. The topological polar surface area (TPSA) is 76.1 Å². The van der Waals surface area contributed by atoms with Gasteiger partial charge in [-0.05, 0) is 62.1 Å². The van der Waals surface area contributed by atoms with Crippen molar-refractivity contribution in [2.75, 3.05) is 33.9 Å². The van der Waals surface area contributed by atoms with E-state index >= 15 is 0 Å². The fourth-order valence-corrected chi connectivity index (χ4v) is 4.85. The Kier molecular flexibility index (Phi) is 7.56. The molecule has 0 N–H and O–H groups in total. The Morgan fingerprint density at radius 3 is 2.35 bits per heavy atom. The predicted molar refractivity (Wildman–Crippen MR) is 119 cm³/mol. The number of methoxy groups -OCH3 is 1. The Morgan fingerprint density at radius 2 is 1.74 bits per heavy atom. The molecule has 2 aromatic rings. The largest absolute Gasteiger partial charge is 0.496 e.